The number of nitrogens with two attached hydrogens (primary N) is 1. The molecule has 0 bridgehead atoms. The molecule has 0 aliphatic carbocycles. The quantitative estimate of drug-likeness (QED) is 0.688. The van der Waals surface area contributed by atoms with Gasteiger partial charge in [0.05, 0.1) is 17.4 Å². The fourth-order valence-electron chi connectivity index (χ4n) is 1.43. The van der Waals surface area contributed by atoms with Crippen LogP contribution in [0.2, 0.25) is 0 Å². The van der Waals surface area contributed by atoms with E-state index in [1.807, 2.05) is 13.8 Å². The molecule has 0 aromatic carbocycles. The van der Waals surface area contributed by atoms with Crippen molar-refractivity contribution in [1.29, 1.82) is 0 Å². The number of carbonyl (C=O) groups excluding carboxylic acids is 1. The molecule has 5 nitrogen and oxygen atoms in total. The van der Waals surface area contributed by atoms with Gasteiger partial charge < -0.3 is 16.2 Å². The summed E-state index contributed by atoms with van der Waals surface area (Å²) < 4.78 is 0. The van der Waals surface area contributed by atoms with Crippen molar-refractivity contribution in [2.24, 2.45) is 11.7 Å². The Morgan fingerprint density at radius 2 is 2.35 bits per heavy atom. The number of nitrogens with zero attached hydrogens (tertiary/aromatic N) is 1. The highest BCUT2D eigenvalue weighted by Gasteiger charge is 2.13. The lowest BCUT2D eigenvalue weighted by atomic mass is 10.0. The number of hydrogen-bond donors (Lipinski definition) is 3. The van der Waals surface area contributed by atoms with Crippen LogP contribution in [0.25, 0.3) is 0 Å². The molecule has 5 heteroatoms. The van der Waals surface area contributed by atoms with Crippen molar-refractivity contribution in [3.8, 4) is 0 Å². The van der Waals surface area contributed by atoms with Gasteiger partial charge in [-0.15, -0.1) is 0 Å². The molecule has 4 N–H and O–H groups in total. The van der Waals surface area contributed by atoms with Crippen molar-refractivity contribution >= 4 is 11.6 Å². The summed E-state index contributed by atoms with van der Waals surface area (Å²) in [5.41, 5.74) is 6.17. The van der Waals surface area contributed by atoms with Gasteiger partial charge in [0.2, 0.25) is 0 Å². The van der Waals surface area contributed by atoms with E-state index in [9.17, 15) is 9.90 Å². The summed E-state index contributed by atoms with van der Waals surface area (Å²) in [6, 6.07) is 1.67. The van der Waals surface area contributed by atoms with E-state index in [-0.39, 0.29) is 5.92 Å². The van der Waals surface area contributed by atoms with Crippen molar-refractivity contribution < 1.29 is 9.90 Å². The Morgan fingerprint density at radius 3 is 2.94 bits per heavy atom. The molecule has 0 saturated heterocycles. The number of nitrogens with one attached hydrogen (secondary N) is 1. The minimum absolute atomic E-state index is 0.210. The summed E-state index contributed by atoms with van der Waals surface area (Å²) in [6.07, 6.45) is 3.45. The first-order valence-electron chi connectivity index (χ1n) is 5.72. The number of primary amides is 1. The number of carbonyl (C=O) groups is 1. The van der Waals surface area contributed by atoms with Gasteiger partial charge in [0.1, 0.15) is 0 Å². The third-order valence-corrected chi connectivity index (χ3v) is 2.89. The average Bonchev–Trinajstić information content (AvgIpc) is 2.35. The van der Waals surface area contributed by atoms with Gasteiger partial charge in [-0.1, -0.05) is 20.3 Å². The van der Waals surface area contributed by atoms with Crippen molar-refractivity contribution in [1.82, 2.24) is 4.98 Å². The van der Waals surface area contributed by atoms with E-state index in [1.54, 1.807) is 12.3 Å². The zero-order valence-electron chi connectivity index (χ0n) is 10.2. The van der Waals surface area contributed by atoms with Crippen molar-refractivity contribution in [3.63, 3.8) is 0 Å². The minimum atomic E-state index is -0.529. The summed E-state index contributed by atoms with van der Waals surface area (Å²) >= 11 is 0. The second-order valence-electron chi connectivity index (χ2n) is 4.12. The number of amides is 1. The van der Waals surface area contributed by atoms with E-state index in [0.717, 1.165) is 6.42 Å². The molecule has 1 amide bonds. The van der Waals surface area contributed by atoms with Crippen LogP contribution in [0.15, 0.2) is 18.5 Å². The molecule has 0 fully saturated rings. The van der Waals surface area contributed by atoms with Crippen LogP contribution >= 0.6 is 0 Å². The Labute approximate surface area is 101 Å². The standard InChI is InChI=1S/C12H19N3O2/c1-3-8(2)11(16)7-15-10-4-5-14-6-9(10)12(13)17/h4-6,8,11,16H,3,7H2,1-2H3,(H2,13,17)(H,14,15). The van der Waals surface area contributed by atoms with E-state index >= 15 is 0 Å². The highest BCUT2D eigenvalue weighted by atomic mass is 16.3. The zero-order valence-corrected chi connectivity index (χ0v) is 10.2. The number of pyridine rings is 1. The van der Waals surface area contributed by atoms with E-state index in [2.05, 4.69) is 10.3 Å². The van der Waals surface area contributed by atoms with Crippen LogP contribution in [-0.2, 0) is 0 Å². The molecule has 2 atom stereocenters. The smallest absolute Gasteiger partial charge is 0.252 e. The lowest BCUT2D eigenvalue weighted by Gasteiger charge is -2.18. The van der Waals surface area contributed by atoms with E-state index < -0.39 is 12.0 Å². The molecule has 1 aromatic heterocycles. The molecule has 1 heterocycles. The lowest BCUT2D eigenvalue weighted by Crippen LogP contribution is -2.27. The molecule has 94 valence electrons. The van der Waals surface area contributed by atoms with Crippen LogP contribution in [0.4, 0.5) is 5.69 Å². The summed E-state index contributed by atoms with van der Waals surface area (Å²) in [7, 11) is 0. The number of aliphatic hydroxyl groups is 1. The van der Waals surface area contributed by atoms with Crippen molar-refractivity contribution in [2.75, 3.05) is 11.9 Å². The number of anilines is 1. The normalized spacial score (nSPS) is 14.1. The highest BCUT2D eigenvalue weighted by molar-refractivity contribution is 5.98. The van der Waals surface area contributed by atoms with Gasteiger partial charge in [-0.3, -0.25) is 9.78 Å². The highest BCUT2D eigenvalue weighted by Crippen LogP contribution is 2.14. The minimum Gasteiger partial charge on any atom is -0.391 e. The molecular weight excluding hydrogens is 218 g/mol. The van der Waals surface area contributed by atoms with E-state index in [0.29, 0.717) is 17.8 Å². The zero-order chi connectivity index (χ0) is 12.8. The maximum atomic E-state index is 11.1. The van der Waals surface area contributed by atoms with Crippen molar-refractivity contribution in [2.45, 2.75) is 26.4 Å². The Hall–Kier alpha value is -1.62. The molecule has 0 aliphatic rings. The molecule has 17 heavy (non-hydrogen) atoms. The second-order valence-corrected chi connectivity index (χ2v) is 4.12. The first-order valence-corrected chi connectivity index (χ1v) is 5.72. The van der Waals surface area contributed by atoms with Crippen molar-refractivity contribution in [3.05, 3.63) is 24.0 Å². The van der Waals surface area contributed by atoms with Gasteiger partial charge >= 0.3 is 0 Å². The maximum Gasteiger partial charge on any atom is 0.252 e. The molecule has 1 aromatic rings. The second kappa shape index (κ2) is 6.20. The number of rotatable bonds is 6. The molecule has 0 radical (unpaired) electrons. The predicted molar refractivity (Wildman–Crippen MR) is 66.7 cm³/mol. The first-order chi connectivity index (χ1) is 8.06. The third kappa shape index (κ3) is 3.71. The summed E-state index contributed by atoms with van der Waals surface area (Å²) in [5.74, 6) is -0.319. The van der Waals surface area contributed by atoms with Gasteiger partial charge in [0.15, 0.2) is 0 Å². The van der Waals surface area contributed by atoms with Gasteiger partial charge in [-0.05, 0) is 12.0 Å². The average molecular weight is 237 g/mol. The van der Waals surface area contributed by atoms with E-state index in [1.165, 1.54) is 6.20 Å². The fourth-order valence-corrected chi connectivity index (χ4v) is 1.43. The Bertz CT molecular complexity index is 382. The summed E-state index contributed by atoms with van der Waals surface area (Å²) in [6.45, 7) is 4.39. The number of aliphatic hydroxyl groups excluding tert-OH is 1. The SMILES string of the molecule is CCC(C)C(O)CNc1ccncc1C(N)=O. The first kappa shape index (κ1) is 13.4. The molecule has 0 aliphatic heterocycles. The molecule has 1 rings (SSSR count). The molecule has 0 spiro atoms. The van der Waals surface area contributed by atoms with Gasteiger partial charge in [0.25, 0.3) is 5.91 Å². The van der Waals surface area contributed by atoms with Crippen LogP contribution in [0, 0.1) is 5.92 Å². The van der Waals surface area contributed by atoms with Crippen LogP contribution in [0.5, 0.6) is 0 Å². The summed E-state index contributed by atoms with van der Waals surface area (Å²) in [5, 5.41) is 12.8. The number of aromatic nitrogens is 1. The third-order valence-electron chi connectivity index (χ3n) is 2.89. The van der Waals surface area contributed by atoms with Crippen LogP contribution in [0.3, 0.4) is 0 Å². The van der Waals surface area contributed by atoms with Gasteiger partial charge in [-0.25, -0.2) is 0 Å². The number of hydrogen-bond acceptors (Lipinski definition) is 4. The fraction of sp³-hybridized carbons (Fsp3) is 0.500. The topological polar surface area (TPSA) is 88.2 Å². The monoisotopic (exact) mass is 237 g/mol. The van der Waals surface area contributed by atoms with Crippen LogP contribution < -0.4 is 11.1 Å². The van der Waals surface area contributed by atoms with E-state index in [4.69, 9.17) is 5.73 Å². The van der Waals surface area contributed by atoms with Crippen LogP contribution in [-0.4, -0.2) is 28.6 Å². The maximum absolute atomic E-state index is 11.1. The Kier molecular flexibility index (Phi) is 4.90. The lowest BCUT2D eigenvalue weighted by molar-refractivity contribution is 0.1000. The Balaban J connectivity index is 2.66. The summed E-state index contributed by atoms with van der Waals surface area (Å²) in [4.78, 5) is 15.0. The molecule has 2 unspecified atom stereocenters. The Morgan fingerprint density at radius 1 is 1.65 bits per heavy atom. The van der Waals surface area contributed by atoms with Gasteiger partial charge in [0, 0.05) is 18.9 Å². The molecular formula is C12H19N3O2. The van der Waals surface area contributed by atoms with Crippen LogP contribution in [0.1, 0.15) is 30.6 Å². The largest absolute Gasteiger partial charge is 0.391 e. The predicted octanol–water partition coefficient (Wildman–Crippen LogP) is 0.999. The van der Waals surface area contributed by atoms with Gasteiger partial charge in [-0.2, -0.15) is 0 Å². The molecule has 0 saturated carbocycles.